The molecule has 2 N–H and O–H groups in total. The van der Waals surface area contributed by atoms with Gasteiger partial charge in [-0.05, 0) is 26.0 Å². The fraction of sp³-hybridized carbons (Fsp3) is 0.571. The van der Waals surface area contributed by atoms with Crippen molar-refractivity contribution in [1.82, 2.24) is 10.2 Å². The van der Waals surface area contributed by atoms with Gasteiger partial charge in [0.2, 0.25) is 0 Å². The second-order valence-electron chi connectivity index (χ2n) is 5.28. The van der Waals surface area contributed by atoms with E-state index in [1.807, 2.05) is 19.9 Å². The average molecular weight is 296 g/mol. The Morgan fingerprint density at radius 3 is 2.71 bits per heavy atom. The molecule has 1 fully saturated rings. The summed E-state index contributed by atoms with van der Waals surface area (Å²) in [7, 11) is 1.57. The number of ether oxygens (including phenoxy) is 1. The van der Waals surface area contributed by atoms with Crippen LogP contribution in [0.1, 0.15) is 24.5 Å². The number of aliphatic carboxylic acids is 1. The van der Waals surface area contributed by atoms with Crippen molar-refractivity contribution in [1.29, 1.82) is 0 Å². The molecular formula is C14H20N2O5. The van der Waals surface area contributed by atoms with Gasteiger partial charge in [0.25, 0.3) is 0 Å². The number of furan rings is 1. The van der Waals surface area contributed by atoms with Crippen molar-refractivity contribution < 1.29 is 23.8 Å². The number of carbonyl (C=O) groups excluding carboxylic acids is 1. The van der Waals surface area contributed by atoms with Crippen LogP contribution in [-0.4, -0.2) is 48.3 Å². The second-order valence-corrected chi connectivity index (χ2v) is 5.28. The maximum Gasteiger partial charge on any atom is 0.318 e. The molecule has 1 aromatic heterocycles. The summed E-state index contributed by atoms with van der Waals surface area (Å²) in [6, 6.07) is 2.53. The summed E-state index contributed by atoms with van der Waals surface area (Å²) in [5.74, 6) is -0.213. The third-order valence-electron chi connectivity index (χ3n) is 3.71. The molecule has 3 atom stereocenters. The fourth-order valence-corrected chi connectivity index (χ4v) is 2.36. The van der Waals surface area contributed by atoms with Crippen molar-refractivity contribution in [2.75, 3.05) is 20.3 Å². The lowest BCUT2D eigenvalue weighted by Gasteiger charge is -2.27. The van der Waals surface area contributed by atoms with Crippen molar-refractivity contribution in [3.05, 3.63) is 23.7 Å². The lowest BCUT2D eigenvalue weighted by Crippen LogP contribution is -2.48. The first-order valence-electron chi connectivity index (χ1n) is 6.80. The Morgan fingerprint density at radius 1 is 1.43 bits per heavy atom. The van der Waals surface area contributed by atoms with E-state index in [9.17, 15) is 9.59 Å². The number of carbonyl (C=O) groups is 2. The molecule has 0 spiro atoms. The van der Waals surface area contributed by atoms with Gasteiger partial charge in [-0.3, -0.25) is 4.79 Å². The molecule has 7 nitrogen and oxygen atoms in total. The first-order valence-corrected chi connectivity index (χ1v) is 6.80. The Kier molecular flexibility index (Phi) is 4.52. The first kappa shape index (κ1) is 15.4. The molecule has 1 aromatic rings. The molecule has 21 heavy (non-hydrogen) atoms. The number of likely N-dealkylation sites (N-methyl/N-ethyl adjacent to an activating group) is 1. The van der Waals surface area contributed by atoms with Gasteiger partial charge in [-0.25, -0.2) is 4.79 Å². The van der Waals surface area contributed by atoms with Crippen molar-refractivity contribution >= 4 is 12.0 Å². The average Bonchev–Trinajstić information content (AvgIpc) is 3.05. The van der Waals surface area contributed by atoms with Crippen LogP contribution in [0.15, 0.2) is 16.5 Å². The van der Waals surface area contributed by atoms with E-state index in [0.717, 1.165) is 5.76 Å². The minimum Gasteiger partial charge on any atom is -0.481 e. The molecule has 1 aliphatic heterocycles. The largest absolute Gasteiger partial charge is 0.481 e. The Bertz CT molecular complexity index is 527. The molecule has 0 saturated carbocycles. The second kappa shape index (κ2) is 6.17. The maximum absolute atomic E-state index is 12.2. The summed E-state index contributed by atoms with van der Waals surface area (Å²) in [4.78, 5) is 24.7. The smallest absolute Gasteiger partial charge is 0.318 e. The Hall–Kier alpha value is -2.02. The standard InChI is InChI=1S/C14H20N2O5/c1-8-4-5-12(21-8)9(2)15-14(19)16(3)11-7-20-6-10(11)13(17)18/h4-5,9-11H,6-7H2,1-3H3,(H,15,19)(H,17,18). The third kappa shape index (κ3) is 3.36. The van der Waals surface area contributed by atoms with Crippen LogP contribution in [-0.2, 0) is 9.53 Å². The Morgan fingerprint density at radius 2 is 2.14 bits per heavy atom. The maximum atomic E-state index is 12.2. The van der Waals surface area contributed by atoms with E-state index in [1.54, 1.807) is 13.1 Å². The number of urea groups is 1. The normalized spacial score (nSPS) is 22.8. The van der Waals surface area contributed by atoms with Crippen molar-refractivity contribution in [2.24, 2.45) is 5.92 Å². The molecule has 0 bridgehead atoms. The molecule has 0 radical (unpaired) electrons. The van der Waals surface area contributed by atoms with E-state index in [-0.39, 0.29) is 25.3 Å². The highest BCUT2D eigenvalue weighted by Gasteiger charge is 2.38. The molecule has 116 valence electrons. The highest BCUT2D eigenvalue weighted by Crippen LogP contribution is 2.20. The number of hydrogen-bond donors (Lipinski definition) is 2. The van der Waals surface area contributed by atoms with Gasteiger partial charge in [0.05, 0.1) is 25.3 Å². The molecule has 0 aromatic carbocycles. The number of carboxylic acids is 1. The van der Waals surface area contributed by atoms with E-state index >= 15 is 0 Å². The summed E-state index contributed by atoms with van der Waals surface area (Å²) in [5.41, 5.74) is 0. The SMILES string of the molecule is Cc1ccc(C(C)NC(=O)N(C)C2COCC2C(=O)O)o1. The van der Waals surface area contributed by atoms with E-state index in [2.05, 4.69) is 5.32 Å². The van der Waals surface area contributed by atoms with Crippen molar-refractivity contribution in [3.63, 3.8) is 0 Å². The van der Waals surface area contributed by atoms with E-state index < -0.39 is 17.9 Å². The topological polar surface area (TPSA) is 92.0 Å². The fourth-order valence-electron chi connectivity index (χ4n) is 2.36. The quantitative estimate of drug-likeness (QED) is 0.876. The van der Waals surface area contributed by atoms with E-state index in [1.165, 1.54) is 4.90 Å². The molecule has 0 aliphatic carbocycles. The molecular weight excluding hydrogens is 276 g/mol. The van der Waals surface area contributed by atoms with Gasteiger partial charge < -0.3 is 24.5 Å². The van der Waals surface area contributed by atoms with Crippen LogP contribution in [0.5, 0.6) is 0 Å². The van der Waals surface area contributed by atoms with Crippen LogP contribution < -0.4 is 5.32 Å². The predicted molar refractivity (Wildman–Crippen MR) is 73.9 cm³/mol. The summed E-state index contributed by atoms with van der Waals surface area (Å²) in [6.45, 7) is 4.00. The van der Waals surface area contributed by atoms with Gasteiger partial charge in [0.1, 0.15) is 17.4 Å². The zero-order chi connectivity index (χ0) is 15.6. The van der Waals surface area contributed by atoms with Crippen LogP contribution in [0.25, 0.3) is 0 Å². The van der Waals surface area contributed by atoms with Gasteiger partial charge >= 0.3 is 12.0 Å². The van der Waals surface area contributed by atoms with Crippen LogP contribution >= 0.6 is 0 Å². The lowest BCUT2D eigenvalue weighted by atomic mass is 10.0. The number of nitrogens with one attached hydrogen (secondary N) is 1. The molecule has 2 amide bonds. The first-order chi connectivity index (χ1) is 9.90. The molecule has 3 unspecified atom stereocenters. The van der Waals surface area contributed by atoms with Gasteiger partial charge in [-0.1, -0.05) is 0 Å². The highest BCUT2D eigenvalue weighted by molar-refractivity contribution is 5.77. The number of amides is 2. The summed E-state index contributed by atoms with van der Waals surface area (Å²) >= 11 is 0. The van der Waals surface area contributed by atoms with Gasteiger partial charge in [0, 0.05) is 7.05 Å². The monoisotopic (exact) mass is 296 g/mol. The Labute approximate surface area is 122 Å². The molecule has 2 heterocycles. The zero-order valence-corrected chi connectivity index (χ0v) is 12.3. The summed E-state index contributed by atoms with van der Waals surface area (Å²) < 4.78 is 10.6. The molecule has 7 heteroatoms. The Balaban J connectivity index is 1.97. The minimum absolute atomic E-state index is 0.130. The van der Waals surface area contributed by atoms with Crippen molar-refractivity contribution in [3.8, 4) is 0 Å². The van der Waals surface area contributed by atoms with Crippen LogP contribution in [0.4, 0.5) is 4.79 Å². The number of rotatable bonds is 4. The van der Waals surface area contributed by atoms with Crippen molar-refractivity contribution in [2.45, 2.75) is 25.9 Å². The van der Waals surface area contributed by atoms with E-state index in [0.29, 0.717) is 5.76 Å². The van der Waals surface area contributed by atoms with Crippen LogP contribution in [0.2, 0.25) is 0 Å². The highest BCUT2D eigenvalue weighted by atomic mass is 16.5. The van der Waals surface area contributed by atoms with Crippen LogP contribution in [0, 0.1) is 12.8 Å². The lowest BCUT2D eigenvalue weighted by molar-refractivity contribution is -0.142. The minimum atomic E-state index is -0.952. The predicted octanol–water partition coefficient (Wildman–Crippen LogP) is 1.39. The number of nitrogens with zero attached hydrogens (tertiary/aromatic N) is 1. The third-order valence-corrected chi connectivity index (χ3v) is 3.71. The van der Waals surface area contributed by atoms with E-state index in [4.69, 9.17) is 14.3 Å². The summed E-state index contributed by atoms with van der Waals surface area (Å²) in [5, 5.41) is 11.9. The van der Waals surface area contributed by atoms with Crippen LogP contribution in [0.3, 0.4) is 0 Å². The number of aryl methyl sites for hydroxylation is 1. The number of carboxylic acid groups (broad SMARTS) is 1. The molecule has 1 saturated heterocycles. The van der Waals surface area contributed by atoms with Gasteiger partial charge in [-0.2, -0.15) is 0 Å². The zero-order valence-electron chi connectivity index (χ0n) is 12.3. The van der Waals surface area contributed by atoms with Gasteiger partial charge in [0.15, 0.2) is 0 Å². The van der Waals surface area contributed by atoms with Gasteiger partial charge in [-0.15, -0.1) is 0 Å². The molecule has 2 rings (SSSR count). The number of hydrogen-bond acceptors (Lipinski definition) is 4. The summed E-state index contributed by atoms with van der Waals surface area (Å²) in [6.07, 6.45) is 0. The molecule has 1 aliphatic rings.